The average molecular weight is 434 g/mol. The zero-order valence-electron chi connectivity index (χ0n) is 15.3. The number of hydrogen-bond donors (Lipinski definition) is 0. The second-order valence-corrected chi connectivity index (χ2v) is 9.11. The molecule has 4 rings (SSSR count). The molecule has 26 heavy (non-hydrogen) atoms. The van der Waals surface area contributed by atoms with Gasteiger partial charge in [0.1, 0.15) is 0 Å². The molecule has 0 saturated carbocycles. The van der Waals surface area contributed by atoms with Crippen LogP contribution in [0.1, 0.15) is 29.9 Å². The predicted octanol–water partition coefficient (Wildman–Crippen LogP) is 5.59. The molecule has 0 aromatic heterocycles. The molecule has 1 fully saturated rings. The van der Waals surface area contributed by atoms with Crippen LogP contribution in [0.4, 0.5) is 5.69 Å². The summed E-state index contributed by atoms with van der Waals surface area (Å²) in [6.07, 6.45) is 3.69. The molecule has 0 radical (unpaired) electrons. The van der Waals surface area contributed by atoms with Crippen LogP contribution in [0.3, 0.4) is 0 Å². The number of anilines is 1. The van der Waals surface area contributed by atoms with Gasteiger partial charge in [0.25, 0.3) is 0 Å². The average Bonchev–Trinajstić information content (AvgIpc) is 2.96. The van der Waals surface area contributed by atoms with Crippen LogP contribution in [0.2, 0.25) is 5.02 Å². The highest BCUT2D eigenvalue weighted by molar-refractivity contribution is 9.10. The van der Waals surface area contributed by atoms with E-state index in [1.54, 1.807) is 0 Å². The van der Waals surface area contributed by atoms with Crippen molar-refractivity contribution >= 4 is 33.2 Å². The van der Waals surface area contributed by atoms with Crippen LogP contribution in [-0.2, 0) is 6.42 Å². The van der Waals surface area contributed by atoms with E-state index in [-0.39, 0.29) is 0 Å². The number of nitrogens with zero attached hydrogens (tertiary/aromatic N) is 2. The molecule has 0 N–H and O–H groups in total. The molecule has 0 bridgehead atoms. The lowest BCUT2D eigenvalue weighted by molar-refractivity contribution is 0.176. The first-order chi connectivity index (χ1) is 12.6. The molecular formula is C22H26BrClN2. The van der Waals surface area contributed by atoms with Crippen molar-refractivity contribution in [1.29, 1.82) is 0 Å². The number of likely N-dealkylation sites (N-methyl/N-ethyl adjacent to an activating group) is 1. The van der Waals surface area contributed by atoms with Crippen LogP contribution in [0.25, 0.3) is 0 Å². The Bertz CT molecular complexity index is 770. The van der Waals surface area contributed by atoms with Crippen molar-refractivity contribution in [2.75, 3.05) is 38.1 Å². The first-order valence-electron chi connectivity index (χ1n) is 9.56. The summed E-state index contributed by atoms with van der Waals surface area (Å²) < 4.78 is 1.19. The van der Waals surface area contributed by atoms with E-state index in [9.17, 15) is 0 Å². The number of rotatable bonds is 4. The van der Waals surface area contributed by atoms with Crippen molar-refractivity contribution in [3.63, 3.8) is 0 Å². The van der Waals surface area contributed by atoms with Crippen LogP contribution in [0, 0.1) is 5.92 Å². The second-order valence-electron chi connectivity index (χ2n) is 7.82. The number of para-hydroxylation sites is 1. The second kappa shape index (κ2) is 7.92. The zero-order chi connectivity index (χ0) is 18.1. The van der Waals surface area contributed by atoms with Gasteiger partial charge in [-0.15, -0.1) is 0 Å². The van der Waals surface area contributed by atoms with Crippen LogP contribution < -0.4 is 4.90 Å². The summed E-state index contributed by atoms with van der Waals surface area (Å²) in [4.78, 5) is 5.08. The molecule has 1 saturated heterocycles. The van der Waals surface area contributed by atoms with E-state index in [1.807, 2.05) is 6.07 Å². The molecule has 2 aliphatic heterocycles. The Morgan fingerprint density at radius 2 is 1.88 bits per heavy atom. The molecule has 0 aliphatic carbocycles. The topological polar surface area (TPSA) is 6.48 Å². The third kappa shape index (κ3) is 3.95. The maximum Gasteiger partial charge on any atom is 0.0409 e. The summed E-state index contributed by atoms with van der Waals surface area (Å²) in [5, 5.41) is 0.838. The molecule has 4 heteroatoms. The van der Waals surface area contributed by atoms with E-state index in [2.05, 4.69) is 69.2 Å². The van der Waals surface area contributed by atoms with Crippen LogP contribution in [0.15, 0.2) is 46.9 Å². The fraction of sp³-hybridized carbons (Fsp3) is 0.455. The van der Waals surface area contributed by atoms with E-state index < -0.39 is 0 Å². The number of benzene rings is 2. The first-order valence-corrected chi connectivity index (χ1v) is 10.7. The SMILES string of the molecule is CN1CC(CN2CCC(Cc3cc(Cl)ccc3Br)CC2)c2ccccc21. The fourth-order valence-corrected chi connectivity index (χ4v) is 5.16. The third-order valence-electron chi connectivity index (χ3n) is 5.98. The minimum atomic E-state index is 0.648. The van der Waals surface area contributed by atoms with Gasteiger partial charge in [0.2, 0.25) is 0 Å². The number of hydrogen-bond acceptors (Lipinski definition) is 2. The van der Waals surface area contributed by atoms with Gasteiger partial charge in [-0.2, -0.15) is 0 Å². The first kappa shape index (κ1) is 18.3. The molecule has 138 valence electrons. The Morgan fingerprint density at radius 1 is 1.12 bits per heavy atom. The van der Waals surface area contributed by atoms with Gasteiger partial charge in [-0.3, -0.25) is 0 Å². The summed E-state index contributed by atoms with van der Waals surface area (Å²) in [6.45, 7) is 4.76. The number of likely N-dealkylation sites (tertiary alicyclic amines) is 1. The van der Waals surface area contributed by atoms with Crippen molar-refractivity contribution in [1.82, 2.24) is 4.90 Å². The van der Waals surface area contributed by atoms with Crippen molar-refractivity contribution < 1.29 is 0 Å². The monoisotopic (exact) mass is 432 g/mol. The molecule has 0 amide bonds. The minimum Gasteiger partial charge on any atom is -0.374 e. The van der Waals surface area contributed by atoms with Gasteiger partial charge < -0.3 is 9.80 Å². The van der Waals surface area contributed by atoms with Crippen molar-refractivity contribution in [2.24, 2.45) is 5.92 Å². The smallest absolute Gasteiger partial charge is 0.0409 e. The lowest BCUT2D eigenvalue weighted by Crippen LogP contribution is -2.37. The molecule has 2 aromatic rings. The van der Waals surface area contributed by atoms with E-state index in [4.69, 9.17) is 11.6 Å². The standard InChI is InChI=1S/C22H26BrClN2/c1-25-14-18(20-4-2-3-5-22(20)25)15-26-10-8-16(9-11-26)12-17-13-19(24)6-7-21(17)23/h2-7,13,16,18H,8-12,14-15H2,1H3. The zero-order valence-corrected chi connectivity index (χ0v) is 17.6. The van der Waals surface area contributed by atoms with Gasteiger partial charge in [0.05, 0.1) is 0 Å². The summed E-state index contributed by atoms with van der Waals surface area (Å²) in [5.41, 5.74) is 4.29. The Hall–Kier alpha value is -1.03. The number of fused-ring (bicyclic) bond motifs is 1. The molecule has 1 atom stereocenters. The van der Waals surface area contributed by atoms with E-state index in [0.717, 1.165) is 23.9 Å². The summed E-state index contributed by atoms with van der Waals surface area (Å²) in [5.74, 6) is 1.41. The van der Waals surface area contributed by atoms with Crippen molar-refractivity contribution in [3.8, 4) is 0 Å². The normalized spacial score (nSPS) is 21.2. The van der Waals surface area contributed by atoms with E-state index >= 15 is 0 Å². The van der Waals surface area contributed by atoms with Gasteiger partial charge in [0, 0.05) is 41.2 Å². The lowest BCUT2D eigenvalue weighted by atomic mass is 9.89. The highest BCUT2D eigenvalue weighted by Crippen LogP contribution is 2.36. The molecular weight excluding hydrogens is 408 g/mol. The number of piperidine rings is 1. The maximum atomic E-state index is 6.17. The molecule has 0 spiro atoms. The van der Waals surface area contributed by atoms with Crippen LogP contribution >= 0.6 is 27.5 Å². The van der Waals surface area contributed by atoms with Gasteiger partial charge >= 0.3 is 0 Å². The van der Waals surface area contributed by atoms with Crippen LogP contribution in [0.5, 0.6) is 0 Å². The Labute approximate surface area is 170 Å². The Morgan fingerprint density at radius 3 is 2.69 bits per heavy atom. The number of halogens is 2. The summed E-state index contributed by atoms with van der Waals surface area (Å²) >= 11 is 9.85. The van der Waals surface area contributed by atoms with E-state index in [0.29, 0.717) is 5.92 Å². The van der Waals surface area contributed by atoms with Crippen molar-refractivity contribution in [3.05, 3.63) is 63.1 Å². The van der Waals surface area contributed by atoms with Gasteiger partial charge in [-0.05, 0) is 73.7 Å². The van der Waals surface area contributed by atoms with E-state index in [1.165, 1.54) is 53.8 Å². The highest BCUT2D eigenvalue weighted by Gasteiger charge is 2.29. The Balaban J connectivity index is 1.33. The fourth-order valence-electron chi connectivity index (χ4n) is 4.56. The highest BCUT2D eigenvalue weighted by atomic mass is 79.9. The van der Waals surface area contributed by atoms with Gasteiger partial charge in [0.15, 0.2) is 0 Å². The molecule has 2 aromatic carbocycles. The van der Waals surface area contributed by atoms with Crippen molar-refractivity contribution in [2.45, 2.75) is 25.2 Å². The lowest BCUT2D eigenvalue weighted by Gasteiger charge is -2.34. The Kier molecular flexibility index (Phi) is 5.58. The largest absolute Gasteiger partial charge is 0.374 e. The molecule has 2 nitrogen and oxygen atoms in total. The van der Waals surface area contributed by atoms with Crippen LogP contribution in [-0.4, -0.2) is 38.1 Å². The molecule has 2 heterocycles. The molecule has 1 unspecified atom stereocenters. The summed E-state index contributed by atoms with van der Waals surface area (Å²) in [7, 11) is 2.22. The molecule has 2 aliphatic rings. The maximum absolute atomic E-state index is 6.17. The van der Waals surface area contributed by atoms with Gasteiger partial charge in [-0.1, -0.05) is 45.7 Å². The quantitative estimate of drug-likeness (QED) is 0.620. The predicted molar refractivity (Wildman–Crippen MR) is 114 cm³/mol. The summed E-state index contributed by atoms with van der Waals surface area (Å²) in [6, 6.07) is 15.0. The third-order valence-corrected chi connectivity index (χ3v) is 6.99. The minimum absolute atomic E-state index is 0.648. The van der Waals surface area contributed by atoms with Gasteiger partial charge in [-0.25, -0.2) is 0 Å².